The van der Waals surface area contributed by atoms with Gasteiger partial charge >= 0.3 is 0 Å². The molecule has 0 radical (unpaired) electrons. The van der Waals surface area contributed by atoms with E-state index in [0.717, 1.165) is 5.69 Å². The highest BCUT2D eigenvalue weighted by Gasteiger charge is 2.13. The smallest absolute Gasteiger partial charge is 0.0945 e. The molecule has 3 nitrogen and oxygen atoms in total. The zero-order valence-electron chi connectivity index (χ0n) is 11.6. The van der Waals surface area contributed by atoms with E-state index in [2.05, 4.69) is 28.9 Å². The summed E-state index contributed by atoms with van der Waals surface area (Å²) in [6.45, 7) is 6.79. The van der Waals surface area contributed by atoms with Crippen LogP contribution in [0.2, 0.25) is 0 Å². The van der Waals surface area contributed by atoms with Crippen molar-refractivity contribution in [2.45, 2.75) is 32.5 Å². The Labute approximate surface area is 118 Å². The Hall–Kier alpha value is -1.10. The highest BCUT2D eigenvalue weighted by Crippen LogP contribution is 2.23. The Morgan fingerprint density at radius 3 is 2.84 bits per heavy atom. The van der Waals surface area contributed by atoms with Gasteiger partial charge in [-0.25, -0.2) is 0 Å². The third-order valence-corrected chi connectivity index (χ3v) is 3.60. The van der Waals surface area contributed by atoms with Crippen LogP contribution in [0.3, 0.4) is 0 Å². The number of hydrogen-bond acceptors (Lipinski definition) is 4. The number of thiophene rings is 1. The van der Waals surface area contributed by atoms with Gasteiger partial charge in [0.2, 0.25) is 0 Å². The molecular formula is C15H21NO2S. The normalized spacial score (nSPS) is 13.7. The van der Waals surface area contributed by atoms with Crippen LogP contribution in [-0.2, 0) is 4.74 Å². The lowest BCUT2D eigenvalue weighted by Crippen LogP contribution is -2.30. The summed E-state index contributed by atoms with van der Waals surface area (Å²) in [6.07, 6.45) is -0.502. The summed E-state index contributed by atoms with van der Waals surface area (Å²) in [5.74, 6) is 0. The summed E-state index contributed by atoms with van der Waals surface area (Å²) >= 11 is 1.73. The molecule has 0 aliphatic heterocycles. The minimum atomic E-state index is -0.502. The molecular weight excluding hydrogens is 258 g/mol. The molecule has 0 amide bonds. The van der Waals surface area contributed by atoms with Crippen molar-refractivity contribution in [3.63, 3.8) is 0 Å². The molecule has 2 N–H and O–H groups in total. The first-order chi connectivity index (χ1) is 8.94. The molecule has 2 aromatic rings. The maximum atomic E-state index is 9.86. The zero-order chi connectivity index (χ0) is 13.9. The molecule has 2 rings (SSSR count). The molecule has 1 heterocycles. The predicted molar refractivity (Wildman–Crippen MR) is 82.0 cm³/mol. The molecule has 1 aromatic carbocycles. The van der Waals surface area contributed by atoms with Crippen molar-refractivity contribution in [3.05, 3.63) is 29.6 Å². The summed E-state index contributed by atoms with van der Waals surface area (Å²) in [6, 6.07) is 8.34. The van der Waals surface area contributed by atoms with Gasteiger partial charge in [-0.1, -0.05) is 0 Å². The third kappa shape index (κ3) is 4.49. The Morgan fingerprint density at radius 1 is 1.32 bits per heavy atom. The SMILES string of the molecule is CC(C)(C)OCC(O)CNc1ccc2sccc2c1. The number of benzene rings is 1. The molecule has 104 valence electrons. The van der Waals surface area contributed by atoms with Crippen molar-refractivity contribution < 1.29 is 9.84 Å². The van der Waals surface area contributed by atoms with Crippen LogP contribution in [0, 0.1) is 0 Å². The first kappa shape index (κ1) is 14.3. The minimum Gasteiger partial charge on any atom is -0.389 e. The number of aliphatic hydroxyl groups is 1. The van der Waals surface area contributed by atoms with Gasteiger partial charge in [0, 0.05) is 16.9 Å². The fraction of sp³-hybridized carbons (Fsp3) is 0.467. The van der Waals surface area contributed by atoms with Crippen LogP contribution in [0.5, 0.6) is 0 Å². The van der Waals surface area contributed by atoms with E-state index in [1.807, 2.05) is 26.8 Å². The van der Waals surface area contributed by atoms with Gasteiger partial charge in [0.1, 0.15) is 0 Å². The molecule has 0 aliphatic rings. The minimum absolute atomic E-state index is 0.212. The van der Waals surface area contributed by atoms with Crippen LogP contribution in [0.4, 0.5) is 5.69 Å². The molecule has 0 saturated heterocycles. The van der Waals surface area contributed by atoms with Crippen molar-refractivity contribution in [2.24, 2.45) is 0 Å². The zero-order valence-corrected chi connectivity index (χ0v) is 12.5. The van der Waals surface area contributed by atoms with E-state index in [0.29, 0.717) is 13.2 Å². The fourth-order valence-corrected chi connectivity index (χ4v) is 2.49. The molecule has 1 atom stereocenters. The second kappa shape index (κ2) is 5.90. The summed E-state index contributed by atoms with van der Waals surface area (Å²) in [5, 5.41) is 16.4. The highest BCUT2D eigenvalue weighted by atomic mass is 32.1. The molecule has 0 bridgehead atoms. The molecule has 0 aliphatic carbocycles. The van der Waals surface area contributed by atoms with Crippen LogP contribution in [0.15, 0.2) is 29.6 Å². The second-order valence-electron chi connectivity index (χ2n) is 5.63. The summed E-state index contributed by atoms with van der Waals surface area (Å²) < 4.78 is 6.83. The Kier molecular flexibility index (Phi) is 4.45. The Bertz CT molecular complexity index is 530. The monoisotopic (exact) mass is 279 g/mol. The van der Waals surface area contributed by atoms with E-state index in [4.69, 9.17) is 4.74 Å². The summed E-state index contributed by atoms with van der Waals surface area (Å²) in [7, 11) is 0. The Balaban J connectivity index is 1.84. The number of aliphatic hydroxyl groups excluding tert-OH is 1. The van der Waals surface area contributed by atoms with Crippen molar-refractivity contribution >= 4 is 27.1 Å². The lowest BCUT2D eigenvalue weighted by molar-refractivity contribution is -0.0449. The van der Waals surface area contributed by atoms with Gasteiger partial charge < -0.3 is 15.2 Å². The predicted octanol–water partition coefficient (Wildman–Crippen LogP) is 3.49. The number of nitrogens with one attached hydrogen (secondary N) is 1. The maximum absolute atomic E-state index is 9.86. The number of rotatable bonds is 5. The van der Waals surface area contributed by atoms with Crippen LogP contribution in [0.1, 0.15) is 20.8 Å². The summed E-state index contributed by atoms with van der Waals surface area (Å²) in [4.78, 5) is 0. The third-order valence-electron chi connectivity index (χ3n) is 2.70. The average molecular weight is 279 g/mol. The number of fused-ring (bicyclic) bond motifs is 1. The van der Waals surface area contributed by atoms with Crippen LogP contribution in [-0.4, -0.2) is 30.0 Å². The fourth-order valence-electron chi connectivity index (χ4n) is 1.72. The average Bonchev–Trinajstić information content (AvgIpc) is 2.80. The van der Waals surface area contributed by atoms with Crippen molar-refractivity contribution in [2.75, 3.05) is 18.5 Å². The standard InChI is InChI=1S/C15H21NO2S/c1-15(2,3)18-10-13(17)9-16-12-4-5-14-11(8-12)6-7-19-14/h4-8,13,16-17H,9-10H2,1-3H3. The van der Waals surface area contributed by atoms with Gasteiger partial charge in [0.15, 0.2) is 0 Å². The second-order valence-corrected chi connectivity index (χ2v) is 6.58. The van der Waals surface area contributed by atoms with Gasteiger partial charge in [-0.2, -0.15) is 0 Å². The van der Waals surface area contributed by atoms with Crippen LogP contribution < -0.4 is 5.32 Å². The highest BCUT2D eigenvalue weighted by molar-refractivity contribution is 7.17. The van der Waals surface area contributed by atoms with Gasteiger partial charge in [-0.15, -0.1) is 11.3 Å². The molecule has 0 saturated carbocycles. The molecule has 0 fully saturated rings. The van der Waals surface area contributed by atoms with Gasteiger partial charge in [0.25, 0.3) is 0 Å². The number of anilines is 1. The van der Waals surface area contributed by atoms with E-state index in [1.54, 1.807) is 11.3 Å². The van der Waals surface area contributed by atoms with E-state index in [9.17, 15) is 5.11 Å². The van der Waals surface area contributed by atoms with Crippen LogP contribution >= 0.6 is 11.3 Å². The number of ether oxygens (including phenoxy) is 1. The van der Waals surface area contributed by atoms with Crippen molar-refractivity contribution in [1.82, 2.24) is 0 Å². The van der Waals surface area contributed by atoms with E-state index >= 15 is 0 Å². The van der Waals surface area contributed by atoms with Gasteiger partial charge in [0.05, 0.1) is 18.3 Å². The van der Waals surface area contributed by atoms with Gasteiger partial charge in [-0.05, 0) is 55.8 Å². The van der Waals surface area contributed by atoms with Crippen LogP contribution in [0.25, 0.3) is 10.1 Å². The van der Waals surface area contributed by atoms with Crippen molar-refractivity contribution in [3.8, 4) is 0 Å². The molecule has 19 heavy (non-hydrogen) atoms. The van der Waals surface area contributed by atoms with E-state index < -0.39 is 6.10 Å². The topological polar surface area (TPSA) is 41.5 Å². The largest absolute Gasteiger partial charge is 0.389 e. The molecule has 1 unspecified atom stereocenters. The van der Waals surface area contributed by atoms with Gasteiger partial charge in [-0.3, -0.25) is 0 Å². The molecule has 4 heteroatoms. The number of hydrogen-bond donors (Lipinski definition) is 2. The summed E-state index contributed by atoms with van der Waals surface area (Å²) in [5.41, 5.74) is 0.817. The Morgan fingerprint density at radius 2 is 2.11 bits per heavy atom. The lowest BCUT2D eigenvalue weighted by Gasteiger charge is -2.22. The van der Waals surface area contributed by atoms with Crippen molar-refractivity contribution in [1.29, 1.82) is 0 Å². The quantitative estimate of drug-likeness (QED) is 0.880. The first-order valence-electron chi connectivity index (χ1n) is 6.47. The molecule has 1 aromatic heterocycles. The van der Waals surface area contributed by atoms with E-state index in [1.165, 1.54) is 10.1 Å². The lowest BCUT2D eigenvalue weighted by atomic mass is 10.2. The first-order valence-corrected chi connectivity index (χ1v) is 7.35. The maximum Gasteiger partial charge on any atom is 0.0945 e. The van der Waals surface area contributed by atoms with E-state index in [-0.39, 0.29) is 5.60 Å². The molecule has 0 spiro atoms.